The van der Waals surface area contributed by atoms with E-state index in [0.29, 0.717) is 29.8 Å². The molecule has 5 rings (SSSR count). The molecule has 0 spiro atoms. The summed E-state index contributed by atoms with van der Waals surface area (Å²) in [6.45, 7) is 6.32. The molecule has 1 aromatic rings. The van der Waals surface area contributed by atoms with Crippen LogP contribution in [0.5, 0.6) is 0 Å². The van der Waals surface area contributed by atoms with Gasteiger partial charge in [0.15, 0.2) is 12.0 Å². The summed E-state index contributed by atoms with van der Waals surface area (Å²) in [5.41, 5.74) is 0.275. The molecule has 10 nitrogen and oxygen atoms in total. The van der Waals surface area contributed by atoms with Crippen molar-refractivity contribution < 1.29 is 8.78 Å². The lowest BCUT2D eigenvalue weighted by Gasteiger charge is -2.44. The Morgan fingerprint density at radius 1 is 1.33 bits per heavy atom. The summed E-state index contributed by atoms with van der Waals surface area (Å²) in [5.74, 6) is -0.971. The number of hydrogen-bond acceptors (Lipinski definition) is 7. The first kappa shape index (κ1) is 16.4. The summed E-state index contributed by atoms with van der Waals surface area (Å²) in [4.78, 5) is 14.5. The average molecular weight is 378 g/mol. The number of nitrogens with one attached hydrogen (secondary N) is 1. The first-order valence-electron chi connectivity index (χ1n) is 8.82. The number of aliphatic imine (C=N–C) groups is 2. The Balaban J connectivity index is 1.64. The second-order valence-electron chi connectivity index (χ2n) is 8.11. The number of likely N-dealkylation sites (tertiary alicyclic amines) is 1. The van der Waals surface area contributed by atoms with Crippen molar-refractivity contribution in [3.63, 3.8) is 0 Å². The van der Waals surface area contributed by atoms with Gasteiger partial charge in [0.1, 0.15) is 11.5 Å². The number of rotatable bonds is 1. The van der Waals surface area contributed by atoms with Crippen LogP contribution in [-0.4, -0.2) is 73.1 Å². The molecule has 1 fully saturated rings. The van der Waals surface area contributed by atoms with Gasteiger partial charge in [-0.25, -0.2) is 23.8 Å². The van der Waals surface area contributed by atoms with Crippen LogP contribution in [0.1, 0.15) is 33.0 Å². The Morgan fingerprint density at radius 3 is 2.85 bits per heavy atom. The van der Waals surface area contributed by atoms with Gasteiger partial charge in [0, 0.05) is 13.0 Å². The van der Waals surface area contributed by atoms with E-state index in [-0.39, 0.29) is 25.7 Å². The predicted molar refractivity (Wildman–Crippen MR) is 92.3 cm³/mol. The van der Waals surface area contributed by atoms with Crippen molar-refractivity contribution in [2.45, 2.75) is 51.4 Å². The number of guanidine groups is 1. The molecule has 0 saturated carbocycles. The number of aromatic nitrogens is 4. The van der Waals surface area contributed by atoms with Crippen molar-refractivity contribution in [3.8, 4) is 0 Å². The fourth-order valence-corrected chi connectivity index (χ4v) is 3.72. The molecule has 27 heavy (non-hydrogen) atoms. The number of alkyl halides is 2. The van der Waals surface area contributed by atoms with E-state index in [1.807, 2.05) is 30.7 Å². The van der Waals surface area contributed by atoms with Crippen LogP contribution in [0.15, 0.2) is 21.5 Å². The molecule has 12 heteroatoms. The molecule has 0 bridgehead atoms. The molecule has 0 amide bonds. The summed E-state index contributed by atoms with van der Waals surface area (Å²) >= 11 is 0. The number of fused-ring (bicyclic) bond motifs is 2. The van der Waals surface area contributed by atoms with Gasteiger partial charge >= 0.3 is 0 Å². The molecular formula is C15H20F2N10. The molecule has 4 aliphatic rings. The van der Waals surface area contributed by atoms with E-state index in [1.165, 1.54) is 0 Å². The van der Waals surface area contributed by atoms with Crippen LogP contribution in [0.3, 0.4) is 0 Å². The van der Waals surface area contributed by atoms with Gasteiger partial charge in [-0.15, -0.1) is 9.89 Å². The van der Waals surface area contributed by atoms with Crippen LogP contribution in [0.4, 0.5) is 8.78 Å². The number of nitrogens with zero attached hydrogens (tertiary/aromatic N) is 9. The molecule has 0 aliphatic carbocycles. The zero-order valence-electron chi connectivity index (χ0n) is 15.3. The Labute approximate surface area is 154 Å². The minimum atomic E-state index is -2.70. The van der Waals surface area contributed by atoms with Crippen LogP contribution in [0, 0.1) is 0 Å². The molecule has 1 aromatic heterocycles. The summed E-state index contributed by atoms with van der Waals surface area (Å²) in [6, 6.07) is 0. The van der Waals surface area contributed by atoms with Gasteiger partial charge in [-0.3, -0.25) is 0 Å². The highest BCUT2D eigenvalue weighted by molar-refractivity contribution is 5.94. The minimum absolute atomic E-state index is 0.170. The summed E-state index contributed by atoms with van der Waals surface area (Å²) in [5, 5.41) is 17.0. The highest BCUT2D eigenvalue weighted by atomic mass is 19.3. The van der Waals surface area contributed by atoms with Crippen molar-refractivity contribution in [1.29, 1.82) is 0 Å². The van der Waals surface area contributed by atoms with Gasteiger partial charge in [-0.2, -0.15) is 0 Å². The van der Waals surface area contributed by atoms with Gasteiger partial charge in [0.2, 0.25) is 5.96 Å². The Hall–Kier alpha value is -2.79. The van der Waals surface area contributed by atoms with E-state index >= 15 is 0 Å². The fraction of sp³-hybridized carbons (Fsp3) is 0.667. The largest absolute Gasteiger partial charge is 0.350 e. The van der Waals surface area contributed by atoms with Gasteiger partial charge in [0.25, 0.3) is 5.92 Å². The van der Waals surface area contributed by atoms with E-state index in [4.69, 9.17) is 4.99 Å². The van der Waals surface area contributed by atoms with Crippen molar-refractivity contribution in [2.24, 2.45) is 9.98 Å². The summed E-state index contributed by atoms with van der Waals surface area (Å²) in [7, 11) is 0. The molecule has 144 valence electrons. The molecule has 1 atom stereocenters. The third-order valence-electron chi connectivity index (χ3n) is 4.80. The van der Waals surface area contributed by atoms with E-state index in [9.17, 15) is 8.78 Å². The van der Waals surface area contributed by atoms with Crippen molar-refractivity contribution in [2.75, 3.05) is 18.1 Å². The van der Waals surface area contributed by atoms with Crippen molar-refractivity contribution in [1.82, 2.24) is 35.4 Å². The highest BCUT2D eigenvalue weighted by Crippen LogP contribution is 2.36. The minimum Gasteiger partial charge on any atom is -0.350 e. The quantitative estimate of drug-likeness (QED) is 0.739. The van der Waals surface area contributed by atoms with Gasteiger partial charge in [-0.1, -0.05) is 0 Å². The zero-order chi connectivity index (χ0) is 19.0. The SMILES string of the molecule is CC(C)(C)N=C1NC(N2CCC(F)(F)C2)=C2N=CN3Cc4nnnn4N1C23. The monoisotopic (exact) mass is 378 g/mol. The summed E-state index contributed by atoms with van der Waals surface area (Å²) in [6.07, 6.45) is 1.21. The number of halogens is 2. The fourth-order valence-electron chi connectivity index (χ4n) is 3.72. The second-order valence-corrected chi connectivity index (χ2v) is 8.11. The standard InChI is InChI=1S/C15H20F2N10/c1-14(2,3)20-13-19-11(24-5-4-15(16,17)7-24)10-12-25(8-18-10)6-9-21-22-23-27(9)26(12)13/h8,12H,4-7H2,1-3H3,(H,19,20). The van der Waals surface area contributed by atoms with Crippen molar-refractivity contribution >= 4 is 12.3 Å². The van der Waals surface area contributed by atoms with Gasteiger partial charge in [0.05, 0.1) is 25.0 Å². The van der Waals surface area contributed by atoms with Crippen LogP contribution >= 0.6 is 0 Å². The molecule has 0 aromatic carbocycles. The maximum absolute atomic E-state index is 13.8. The highest BCUT2D eigenvalue weighted by Gasteiger charge is 2.49. The van der Waals surface area contributed by atoms with E-state index in [2.05, 4.69) is 25.8 Å². The van der Waals surface area contributed by atoms with E-state index in [1.54, 1.807) is 16.0 Å². The van der Waals surface area contributed by atoms with E-state index in [0.717, 1.165) is 0 Å². The Bertz CT molecular complexity index is 879. The second kappa shape index (κ2) is 5.14. The Morgan fingerprint density at radius 2 is 2.15 bits per heavy atom. The maximum atomic E-state index is 13.8. The predicted octanol–water partition coefficient (Wildman–Crippen LogP) is 0.0625. The summed E-state index contributed by atoms with van der Waals surface area (Å²) < 4.78 is 27.7. The van der Waals surface area contributed by atoms with Crippen LogP contribution in [0.2, 0.25) is 0 Å². The maximum Gasteiger partial charge on any atom is 0.266 e. The first-order chi connectivity index (χ1) is 12.7. The normalized spacial score (nSPS) is 27.4. The topological polar surface area (TPSA) is 90.1 Å². The molecule has 0 radical (unpaired) electrons. The van der Waals surface area contributed by atoms with Crippen LogP contribution in [0.25, 0.3) is 0 Å². The zero-order valence-corrected chi connectivity index (χ0v) is 15.3. The lowest BCUT2D eigenvalue weighted by atomic mass is 10.1. The van der Waals surface area contributed by atoms with Crippen LogP contribution in [-0.2, 0) is 6.54 Å². The molecule has 1 N–H and O–H groups in total. The van der Waals surface area contributed by atoms with Crippen molar-refractivity contribution in [3.05, 3.63) is 17.3 Å². The first-order valence-corrected chi connectivity index (χ1v) is 8.82. The molecule has 4 aliphatic heterocycles. The molecule has 5 heterocycles. The number of tetrazole rings is 1. The smallest absolute Gasteiger partial charge is 0.266 e. The van der Waals surface area contributed by atoms with E-state index < -0.39 is 11.5 Å². The van der Waals surface area contributed by atoms with Gasteiger partial charge < -0.3 is 15.1 Å². The molecular weight excluding hydrogens is 358 g/mol. The molecule has 1 saturated heterocycles. The Kier molecular flexibility index (Phi) is 3.12. The lowest BCUT2D eigenvalue weighted by Crippen LogP contribution is -2.66. The van der Waals surface area contributed by atoms with Crippen LogP contribution < -0.4 is 10.3 Å². The third kappa shape index (κ3) is 2.53. The average Bonchev–Trinajstić information content (AvgIpc) is 3.26. The third-order valence-corrected chi connectivity index (χ3v) is 4.80. The number of hydrogen-bond donors (Lipinski definition) is 1. The molecule has 1 unspecified atom stereocenters. The van der Waals surface area contributed by atoms with Gasteiger partial charge in [-0.05, 0) is 31.2 Å². The lowest BCUT2D eigenvalue weighted by molar-refractivity contribution is 0.0145.